The molecular weight excluding hydrogens is 198 g/mol. The fraction of sp³-hybridized carbons (Fsp3) is 0.300. The van der Waals surface area contributed by atoms with Crippen molar-refractivity contribution in [3.63, 3.8) is 0 Å². The van der Waals surface area contributed by atoms with Gasteiger partial charge in [0.15, 0.2) is 0 Å². The number of aryl methyl sites for hydroxylation is 1. The number of hydrogen-bond donors (Lipinski definition) is 1. The van der Waals surface area contributed by atoms with Crippen LogP contribution in [0.1, 0.15) is 12.5 Å². The van der Waals surface area contributed by atoms with Crippen molar-refractivity contribution in [1.29, 1.82) is 0 Å². The van der Waals surface area contributed by atoms with Crippen LogP contribution in [0, 0.1) is 6.92 Å². The maximum absolute atomic E-state index is 5.02. The molecule has 0 heterocycles. The lowest BCUT2D eigenvalue weighted by Gasteiger charge is -2.20. The lowest BCUT2D eigenvalue weighted by molar-refractivity contribution is 1.08. The molecule has 0 unspecified atom stereocenters. The topological polar surface area (TPSA) is 3.24 Å². The fourth-order valence-electron chi connectivity index (χ4n) is 1.15. The maximum atomic E-state index is 5.02. The number of rotatable bonds is 2. The highest BCUT2D eigenvalue weighted by Gasteiger charge is 2.05. The van der Waals surface area contributed by atoms with Crippen LogP contribution in [-0.4, -0.2) is 10.9 Å². The van der Waals surface area contributed by atoms with Gasteiger partial charge in [-0.05, 0) is 26.0 Å². The van der Waals surface area contributed by atoms with Crippen LogP contribution in [-0.2, 0) is 0 Å². The Morgan fingerprint density at radius 1 is 1.38 bits per heavy atom. The monoisotopic (exact) mass is 211 g/mol. The van der Waals surface area contributed by atoms with Crippen molar-refractivity contribution < 1.29 is 0 Å². The van der Waals surface area contributed by atoms with E-state index in [-0.39, 0.29) is 0 Å². The summed E-state index contributed by atoms with van der Waals surface area (Å²) in [6.07, 6.45) is 0. The molecule has 0 atom stereocenters. The Labute approximate surface area is 90.2 Å². The van der Waals surface area contributed by atoms with Gasteiger partial charge < -0.3 is 4.90 Å². The average molecular weight is 211 g/mol. The van der Waals surface area contributed by atoms with E-state index < -0.39 is 0 Å². The SMILES string of the molecule is CCN(C(=S)S)c1ccc(C)cc1. The number of benzene rings is 1. The zero-order valence-electron chi connectivity index (χ0n) is 7.82. The minimum Gasteiger partial charge on any atom is -0.328 e. The first-order valence-electron chi connectivity index (χ1n) is 4.22. The molecule has 0 amide bonds. The van der Waals surface area contributed by atoms with Crippen molar-refractivity contribution in [3.05, 3.63) is 29.8 Å². The van der Waals surface area contributed by atoms with Crippen LogP contribution < -0.4 is 4.90 Å². The summed E-state index contributed by atoms with van der Waals surface area (Å²) in [5, 5.41) is 0. The maximum Gasteiger partial charge on any atom is 0.137 e. The van der Waals surface area contributed by atoms with Gasteiger partial charge in [-0.15, -0.1) is 12.6 Å². The van der Waals surface area contributed by atoms with Crippen molar-refractivity contribution in [2.75, 3.05) is 11.4 Å². The molecule has 1 aromatic rings. The molecule has 0 radical (unpaired) electrons. The molecule has 0 N–H and O–H groups in total. The molecular formula is C10H13NS2. The largest absolute Gasteiger partial charge is 0.328 e. The smallest absolute Gasteiger partial charge is 0.137 e. The molecule has 0 aliphatic carbocycles. The van der Waals surface area contributed by atoms with Crippen molar-refractivity contribution in [2.24, 2.45) is 0 Å². The summed E-state index contributed by atoms with van der Waals surface area (Å²) in [6.45, 7) is 4.98. The Hall–Kier alpha value is -0.540. The fourth-order valence-corrected chi connectivity index (χ4v) is 1.64. The van der Waals surface area contributed by atoms with E-state index in [1.54, 1.807) is 0 Å². The van der Waals surface area contributed by atoms with Crippen LogP contribution >= 0.6 is 24.8 Å². The van der Waals surface area contributed by atoms with Gasteiger partial charge in [-0.3, -0.25) is 0 Å². The molecule has 13 heavy (non-hydrogen) atoms. The van der Waals surface area contributed by atoms with Gasteiger partial charge in [-0.1, -0.05) is 29.9 Å². The van der Waals surface area contributed by atoms with Crippen LogP contribution in [0.4, 0.5) is 5.69 Å². The molecule has 0 aliphatic rings. The molecule has 3 heteroatoms. The van der Waals surface area contributed by atoms with Gasteiger partial charge >= 0.3 is 0 Å². The van der Waals surface area contributed by atoms with Gasteiger partial charge in [0.25, 0.3) is 0 Å². The summed E-state index contributed by atoms with van der Waals surface area (Å²) < 4.78 is 0.617. The minimum absolute atomic E-state index is 0.617. The van der Waals surface area contributed by atoms with E-state index in [0.717, 1.165) is 12.2 Å². The molecule has 1 nitrogen and oxygen atoms in total. The number of thiol groups is 1. The third-order valence-electron chi connectivity index (χ3n) is 1.89. The molecule has 0 aromatic heterocycles. The average Bonchev–Trinajstić information content (AvgIpc) is 2.09. The quantitative estimate of drug-likeness (QED) is 0.591. The molecule has 1 rings (SSSR count). The van der Waals surface area contributed by atoms with Crippen molar-refractivity contribution >= 4 is 34.9 Å². The molecule has 0 fully saturated rings. The van der Waals surface area contributed by atoms with E-state index in [1.165, 1.54) is 5.56 Å². The second kappa shape index (κ2) is 4.63. The first-order valence-corrected chi connectivity index (χ1v) is 5.08. The van der Waals surface area contributed by atoms with Gasteiger partial charge in [0.05, 0.1) is 0 Å². The van der Waals surface area contributed by atoms with E-state index in [9.17, 15) is 0 Å². The second-order valence-electron chi connectivity index (χ2n) is 2.86. The Kier molecular flexibility index (Phi) is 3.75. The Bertz CT molecular complexity index is 292. The molecule has 1 aromatic carbocycles. The Morgan fingerprint density at radius 2 is 1.92 bits per heavy atom. The Balaban J connectivity index is 2.92. The summed E-state index contributed by atoms with van der Waals surface area (Å²) in [4.78, 5) is 1.98. The standard InChI is InChI=1S/C10H13NS2/c1-3-11(10(12)13)9-6-4-8(2)5-7-9/h4-7H,3H2,1-2H3,(H,12,13). The van der Waals surface area contributed by atoms with Crippen molar-refractivity contribution in [2.45, 2.75) is 13.8 Å². The highest BCUT2D eigenvalue weighted by molar-refractivity contribution is 8.11. The molecule has 0 saturated carbocycles. The van der Waals surface area contributed by atoms with E-state index in [2.05, 4.69) is 50.7 Å². The molecule has 0 saturated heterocycles. The van der Waals surface area contributed by atoms with Crippen LogP contribution in [0.15, 0.2) is 24.3 Å². The number of thiocarbonyl (C=S) groups is 1. The lowest BCUT2D eigenvalue weighted by Crippen LogP contribution is -2.24. The van der Waals surface area contributed by atoms with E-state index >= 15 is 0 Å². The highest BCUT2D eigenvalue weighted by Crippen LogP contribution is 2.16. The van der Waals surface area contributed by atoms with Crippen LogP contribution in [0.2, 0.25) is 0 Å². The lowest BCUT2D eigenvalue weighted by atomic mass is 10.2. The van der Waals surface area contributed by atoms with Gasteiger partial charge in [-0.2, -0.15) is 0 Å². The number of nitrogens with zero attached hydrogens (tertiary/aromatic N) is 1. The molecule has 0 spiro atoms. The third kappa shape index (κ3) is 2.71. The zero-order chi connectivity index (χ0) is 9.84. The van der Waals surface area contributed by atoms with Gasteiger partial charge in [0.2, 0.25) is 0 Å². The summed E-state index contributed by atoms with van der Waals surface area (Å²) in [6, 6.07) is 8.26. The van der Waals surface area contributed by atoms with Gasteiger partial charge in [0.1, 0.15) is 4.32 Å². The van der Waals surface area contributed by atoms with Crippen molar-refractivity contribution in [1.82, 2.24) is 0 Å². The van der Waals surface area contributed by atoms with Crippen LogP contribution in [0.25, 0.3) is 0 Å². The van der Waals surface area contributed by atoms with Crippen LogP contribution in [0.5, 0.6) is 0 Å². The molecule has 70 valence electrons. The minimum atomic E-state index is 0.617. The predicted molar refractivity (Wildman–Crippen MR) is 65.8 cm³/mol. The summed E-state index contributed by atoms with van der Waals surface area (Å²) in [5.41, 5.74) is 2.36. The van der Waals surface area contributed by atoms with E-state index in [1.807, 2.05) is 4.90 Å². The van der Waals surface area contributed by atoms with Gasteiger partial charge in [-0.25, -0.2) is 0 Å². The second-order valence-corrected chi connectivity index (χ2v) is 3.98. The number of hydrogen-bond acceptors (Lipinski definition) is 1. The first kappa shape index (κ1) is 10.5. The third-order valence-corrected chi connectivity index (χ3v) is 2.35. The van der Waals surface area contributed by atoms with Crippen molar-refractivity contribution in [3.8, 4) is 0 Å². The van der Waals surface area contributed by atoms with Crippen LogP contribution in [0.3, 0.4) is 0 Å². The molecule has 0 bridgehead atoms. The van der Waals surface area contributed by atoms with Gasteiger partial charge in [0, 0.05) is 12.2 Å². The number of anilines is 1. The Morgan fingerprint density at radius 3 is 2.31 bits per heavy atom. The predicted octanol–water partition coefficient (Wildman–Crippen LogP) is 3.04. The molecule has 0 aliphatic heterocycles. The summed E-state index contributed by atoms with van der Waals surface area (Å²) in [5.74, 6) is 0. The zero-order valence-corrected chi connectivity index (χ0v) is 9.53. The highest BCUT2D eigenvalue weighted by atomic mass is 32.1. The summed E-state index contributed by atoms with van der Waals surface area (Å²) >= 11 is 9.19. The first-order chi connectivity index (χ1) is 6.15. The normalized spacial score (nSPS) is 9.77. The van der Waals surface area contributed by atoms with E-state index in [0.29, 0.717) is 4.32 Å². The van der Waals surface area contributed by atoms with E-state index in [4.69, 9.17) is 12.2 Å². The summed E-state index contributed by atoms with van der Waals surface area (Å²) in [7, 11) is 0.